The van der Waals surface area contributed by atoms with Crippen LogP contribution in [-0.2, 0) is 0 Å². The maximum Gasteiger partial charge on any atom is 0.154 e. The molecule has 3 N–H and O–H groups in total. The summed E-state index contributed by atoms with van der Waals surface area (Å²) >= 11 is 5.95. The molecular weight excluding hydrogens is 439 g/mol. The predicted octanol–water partition coefficient (Wildman–Crippen LogP) is 6.54. The Bertz CT molecular complexity index is 943. The van der Waals surface area contributed by atoms with E-state index in [4.69, 9.17) is 27.3 Å². The summed E-state index contributed by atoms with van der Waals surface area (Å²) in [7, 11) is 0. The first-order valence-corrected chi connectivity index (χ1v) is 10.2. The molecule has 0 atom stereocenters. The Hall–Kier alpha value is -1.85. The molecule has 3 rings (SSSR count). The quantitative estimate of drug-likeness (QED) is 0.351. The van der Waals surface area contributed by atoms with Crippen molar-refractivity contribution in [3.8, 4) is 0 Å². The fourth-order valence-electron chi connectivity index (χ4n) is 3.04. The zero-order valence-electron chi connectivity index (χ0n) is 17.1. The molecule has 30 heavy (non-hydrogen) atoms. The normalized spacial score (nSPS) is 10.6. The number of fused-ring (bicyclic) bond motifs is 1. The predicted molar refractivity (Wildman–Crippen MR) is 135 cm³/mol. The van der Waals surface area contributed by atoms with Crippen LogP contribution in [-0.4, -0.2) is 23.1 Å². The molecule has 1 heterocycles. The zero-order chi connectivity index (χ0) is 19.8. The maximum absolute atomic E-state index is 5.95. The molecule has 7 heteroatoms. The van der Waals surface area contributed by atoms with Gasteiger partial charge in [-0.2, -0.15) is 0 Å². The summed E-state index contributed by atoms with van der Waals surface area (Å²) in [6.45, 7) is 3.74. The van der Waals surface area contributed by atoms with Crippen LogP contribution in [0.25, 0.3) is 23.1 Å². The number of rotatable bonds is 9. The molecule has 2 aromatic carbocycles. The van der Waals surface area contributed by atoms with E-state index in [1.807, 2.05) is 36.4 Å². The summed E-state index contributed by atoms with van der Waals surface area (Å²) < 4.78 is 0. The van der Waals surface area contributed by atoms with Crippen LogP contribution in [0.1, 0.15) is 42.6 Å². The van der Waals surface area contributed by atoms with E-state index in [-0.39, 0.29) is 24.8 Å². The van der Waals surface area contributed by atoms with Gasteiger partial charge in [-0.1, -0.05) is 48.7 Å². The molecule has 0 saturated carbocycles. The van der Waals surface area contributed by atoms with Gasteiger partial charge in [-0.3, -0.25) is 0 Å². The molecule has 4 nitrogen and oxygen atoms in total. The molecule has 0 amide bonds. The van der Waals surface area contributed by atoms with Gasteiger partial charge in [-0.25, -0.2) is 9.97 Å². The van der Waals surface area contributed by atoms with Crippen molar-refractivity contribution in [3.63, 3.8) is 0 Å². The minimum Gasteiger partial charge on any atom is -0.369 e. The third-order valence-corrected chi connectivity index (χ3v) is 4.84. The van der Waals surface area contributed by atoms with E-state index in [2.05, 4.69) is 30.4 Å². The summed E-state index contributed by atoms with van der Waals surface area (Å²) in [5, 5.41) is 5.28. The van der Waals surface area contributed by atoms with Gasteiger partial charge < -0.3 is 11.1 Å². The molecule has 0 aliphatic carbocycles. The second kappa shape index (κ2) is 13.5. The standard InChI is InChI=1S/C23H27ClN4.2ClH/c1-17-6-12-20-21(16-17)27-22(13-9-18-7-10-19(24)11-8-18)28-23(20)26-15-5-3-2-4-14-25;;/h6-13,16H,2-5,14-15,25H2,1H3,(H,26,27,28);2*1H/b13-9+;;. The number of hydrogen-bond donors (Lipinski definition) is 2. The van der Waals surface area contributed by atoms with Gasteiger partial charge in [0.25, 0.3) is 0 Å². The number of benzene rings is 2. The van der Waals surface area contributed by atoms with Crippen LogP contribution in [0.4, 0.5) is 5.82 Å². The topological polar surface area (TPSA) is 63.8 Å². The Kier molecular flexibility index (Phi) is 11.7. The second-order valence-corrected chi connectivity index (χ2v) is 7.40. The molecule has 162 valence electrons. The summed E-state index contributed by atoms with van der Waals surface area (Å²) in [6.07, 6.45) is 8.50. The average Bonchev–Trinajstić information content (AvgIpc) is 2.69. The molecule has 0 aliphatic heterocycles. The van der Waals surface area contributed by atoms with Crippen LogP contribution in [0.2, 0.25) is 5.02 Å². The van der Waals surface area contributed by atoms with Gasteiger partial charge in [0.1, 0.15) is 5.82 Å². The lowest BCUT2D eigenvalue weighted by atomic mass is 10.1. The van der Waals surface area contributed by atoms with Gasteiger partial charge in [0.05, 0.1) is 5.52 Å². The Morgan fingerprint density at radius 3 is 2.40 bits per heavy atom. The molecule has 3 aromatic rings. The highest BCUT2D eigenvalue weighted by atomic mass is 35.5. The Labute approximate surface area is 196 Å². The van der Waals surface area contributed by atoms with Gasteiger partial charge in [0.15, 0.2) is 5.82 Å². The number of nitrogens with one attached hydrogen (secondary N) is 1. The monoisotopic (exact) mass is 466 g/mol. The van der Waals surface area contributed by atoms with Gasteiger partial charge >= 0.3 is 0 Å². The molecular formula is C23H29Cl3N4. The SMILES string of the molecule is Cc1ccc2c(NCCCCCCN)nc(/C=C/c3ccc(Cl)cc3)nc2c1.Cl.Cl. The van der Waals surface area contributed by atoms with E-state index in [1.54, 1.807) is 0 Å². The number of aryl methyl sites for hydroxylation is 1. The van der Waals surface area contributed by atoms with Crippen LogP contribution in [0.15, 0.2) is 42.5 Å². The number of anilines is 1. The van der Waals surface area contributed by atoms with Crippen molar-refractivity contribution < 1.29 is 0 Å². The molecule has 0 aliphatic rings. The van der Waals surface area contributed by atoms with E-state index < -0.39 is 0 Å². The highest BCUT2D eigenvalue weighted by molar-refractivity contribution is 6.30. The van der Waals surface area contributed by atoms with E-state index in [0.29, 0.717) is 5.82 Å². The summed E-state index contributed by atoms with van der Waals surface area (Å²) in [5.41, 5.74) is 8.76. The Morgan fingerprint density at radius 2 is 1.67 bits per heavy atom. The Morgan fingerprint density at radius 1 is 0.933 bits per heavy atom. The number of nitrogens with zero attached hydrogens (tertiary/aromatic N) is 2. The second-order valence-electron chi connectivity index (χ2n) is 6.97. The van der Waals surface area contributed by atoms with Crippen LogP contribution < -0.4 is 11.1 Å². The number of hydrogen-bond acceptors (Lipinski definition) is 4. The first kappa shape index (κ1) is 26.2. The summed E-state index contributed by atoms with van der Waals surface area (Å²) in [5.74, 6) is 1.58. The average molecular weight is 468 g/mol. The zero-order valence-corrected chi connectivity index (χ0v) is 19.5. The molecule has 0 unspecified atom stereocenters. The van der Waals surface area contributed by atoms with Crippen molar-refractivity contribution in [1.82, 2.24) is 9.97 Å². The number of unbranched alkanes of at least 4 members (excludes halogenated alkanes) is 3. The lowest BCUT2D eigenvalue weighted by Gasteiger charge is -2.10. The minimum atomic E-state index is 0. The van der Waals surface area contributed by atoms with Crippen LogP contribution >= 0.6 is 36.4 Å². The maximum atomic E-state index is 5.95. The van der Waals surface area contributed by atoms with Crippen LogP contribution in [0.5, 0.6) is 0 Å². The van der Waals surface area contributed by atoms with Crippen molar-refractivity contribution in [3.05, 3.63) is 64.4 Å². The summed E-state index contributed by atoms with van der Waals surface area (Å²) in [4.78, 5) is 9.46. The molecule has 0 saturated heterocycles. The highest BCUT2D eigenvalue weighted by Gasteiger charge is 2.06. The molecule has 0 bridgehead atoms. The Balaban J connectivity index is 0.00000225. The first-order valence-electron chi connectivity index (χ1n) is 9.82. The lowest BCUT2D eigenvalue weighted by molar-refractivity contribution is 0.661. The van der Waals surface area contributed by atoms with Gasteiger partial charge in [-0.15, -0.1) is 24.8 Å². The number of nitrogens with two attached hydrogens (primary N) is 1. The van der Waals surface area contributed by atoms with Crippen molar-refractivity contribution in [2.24, 2.45) is 5.73 Å². The van der Waals surface area contributed by atoms with Crippen molar-refractivity contribution in [2.45, 2.75) is 32.6 Å². The third-order valence-electron chi connectivity index (χ3n) is 4.59. The molecule has 0 fully saturated rings. The third kappa shape index (κ3) is 7.77. The molecule has 0 spiro atoms. The van der Waals surface area contributed by atoms with E-state index in [9.17, 15) is 0 Å². The largest absolute Gasteiger partial charge is 0.369 e. The fraction of sp³-hybridized carbons (Fsp3) is 0.304. The van der Waals surface area contributed by atoms with Crippen LogP contribution in [0, 0.1) is 6.92 Å². The van der Waals surface area contributed by atoms with Crippen molar-refractivity contribution in [2.75, 3.05) is 18.4 Å². The highest BCUT2D eigenvalue weighted by Crippen LogP contribution is 2.22. The van der Waals surface area contributed by atoms with Crippen molar-refractivity contribution in [1.29, 1.82) is 0 Å². The molecule has 0 radical (unpaired) electrons. The number of halogens is 3. The smallest absolute Gasteiger partial charge is 0.154 e. The first-order chi connectivity index (χ1) is 13.7. The number of aromatic nitrogens is 2. The van der Waals surface area contributed by atoms with E-state index in [1.165, 1.54) is 18.4 Å². The lowest BCUT2D eigenvalue weighted by Crippen LogP contribution is -2.06. The van der Waals surface area contributed by atoms with E-state index >= 15 is 0 Å². The van der Waals surface area contributed by atoms with Gasteiger partial charge in [0, 0.05) is 17.0 Å². The van der Waals surface area contributed by atoms with Crippen molar-refractivity contribution >= 4 is 65.3 Å². The van der Waals surface area contributed by atoms with Gasteiger partial charge in [0.2, 0.25) is 0 Å². The van der Waals surface area contributed by atoms with E-state index in [0.717, 1.165) is 53.2 Å². The van der Waals surface area contributed by atoms with Gasteiger partial charge in [-0.05, 0) is 67.8 Å². The fourth-order valence-corrected chi connectivity index (χ4v) is 3.17. The summed E-state index contributed by atoms with van der Waals surface area (Å²) in [6, 6.07) is 14.0. The minimum absolute atomic E-state index is 0. The molecule has 1 aromatic heterocycles. The van der Waals surface area contributed by atoms with Crippen LogP contribution in [0.3, 0.4) is 0 Å².